The van der Waals surface area contributed by atoms with Gasteiger partial charge in [-0.1, -0.05) is 83.8 Å². The molecule has 0 radical (unpaired) electrons. The van der Waals surface area contributed by atoms with Crippen molar-refractivity contribution in [3.05, 3.63) is 17.4 Å². The predicted octanol–water partition coefficient (Wildman–Crippen LogP) is 6.75. The van der Waals surface area contributed by atoms with E-state index in [1.54, 1.807) is 0 Å². The second-order valence-corrected chi connectivity index (χ2v) is 7.01. The standard InChI is InChI=1S/C20H40NO/c1-20(2)18-16-14-12-10-8-6-4-3-5-7-9-11-13-15-17-19-21-22/h3-4,20-21H,5-19H2,1-2H3/q-1/b4-3-. The summed E-state index contributed by atoms with van der Waals surface area (Å²) in [5, 5.41) is 10.0. The van der Waals surface area contributed by atoms with Crippen LogP contribution >= 0.6 is 0 Å². The van der Waals surface area contributed by atoms with Crippen LogP contribution < -0.4 is 5.48 Å². The first-order valence-electron chi connectivity index (χ1n) is 9.77. The molecule has 0 aliphatic rings. The van der Waals surface area contributed by atoms with Gasteiger partial charge >= 0.3 is 0 Å². The number of rotatable bonds is 17. The molecule has 0 fully saturated rings. The summed E-state index contributed by atoms with van der Waals surface area (Å²) >= 11 is 0. The molecule has 2 heteroatoms. The fourth-order valence-corrected chi connectivity index (χ4v) is 2.75. The number of hydroxylamine groups is 1. The van der Waals surface area contributed by atoms with Crippen molar-refractivity contribution in [2.45, 2.75) is 104 Å². The van der Waals surface area contributed by atoms with Gasteiger partial charge in [0.2, 0.25) is 0 Å². The Morgan fingerprint density at radius 2 is 1.14 bits per heavy atom. The van der Waals surface area contributed by atoms with Gasteiger partial charge in [-0.05, 0) is 44.6 Å². The zero-order valence-electron chi connectivity index (χ0n) is 15.2. The third-order valence-corrected chi connectivity index (χ3v) is 4.22. The SMILES string of the molecule is CC(C)CCCCCCC/C=C\CCCCCCCCN[O-]. The molecule has 2 nitrogen and oxygen atoms in total. The number of hydrogen-bond acceptors (Lipinski definition) is 2. The van der Waals surface area contributed by atoms with Gasteiger partial charge in [-0.2, -0.15) is 0 Å². The maximum absolute atomic E-state index is 10.0. The van der Waals surface area contributed by atoms with Crippen molar-refractivity contribution in [2.24, 2.45) is 5.92 Å². The van der Waals surface area contributed by atoms with Crippen LogP contribution in [0.1, 0.15) is 104 Å². The van der Waals surface area contributed by atoms with Gasteiger partial charge in [-0.3, -0.25) is 0 Å². The van der Waals surface area contributed by atoms with Crippen LogP contribution in [-0.2, 0) is 0 Å². The minimum Gasteiger partial charge on any atom is -0.788 e. The van der Waals surface area contributed by atoms with E-state index in [-0.39, 0.29) is 0 Å². The maximum Gasteiger partial charge on any atom is -0.0170 e. The van der Waals surface area contributed by atoms with Gasteiger partial charge in [0.25, 0.3) is 0 Å². The lowest BCUT2D eigenvalue weighted by Gasteiger charge is -2.05. The van der Waals surface area contributed by atoms with Gasteiger partial charge in [-0.15, -0.1) is 0 Å². The molecule has 0 heterocycles. The van der Waals surface area contributed by atoms with Crippen LogP contribution in [0.25, 0.3) is 0 Å². The number of unbranched alkanes of at least 4 members (excludes halogenated alkanes) is 11. The minimum absolute atomic E-state index is 0.625. The summed E-state index contributed by atoms with van der Waals surface area (Å²) in [6, 6.07) is 0. The summed E-state index contributed by atoms with van der Waals surface area (Å²) in [5.74, 6) is 0.873. The third kappa shape index (κ3) is 19.7. The number of nitrogens with one attached hydrogen (secondary N) is 1. The zero-order valence-corrected chi connectivity index (χ0v) is 15.2. The molecule has 22 heavy (non-hydrogen) atoms. The maximum atomic E-state index is 10.0. The molecule has 132 valence electrons. The summed E-state index contributed by atoms with van der Waals surface area (Å²) in [6.45, 7) is 5.26. The molecule has 0 aliphatic carbocycles. The lowest BCUT2D eigenvalue weighted by atomic mass is 10.0. The highest BCUT2D eigenvalue weighted by atomic mass is 16.5. The Morgan fingerprint density at radius 1 is 0.682 bits per heavy atom. The third-order valence-electron chi connectivity index (χ3n) is 4.22. The first-order chi connectivity index (χ1) is 10.8. The van der Waals surface area contributed by atoms with E-state index in [0.717, 1.165) is 12.3 Å². The molecule has 0 spiro atoms. The molecule has 1 N–H and O–H groups in total. The second kappa shape index (κ2) is 18.7. The van der Waals surface area contributed by atoms with E-state index < -0.39 is 0 Å². The Kier molecular flexibility index (Phi) is 18.4. The van der Waals surface area contributed by atoms with Crippen molar-refractivity contribution in [3.8, 4) is 0 Å². The van der Waals surface area contributed by atoms with Crippen LogP contribution in [0.3, 0.4) is 0 Å². The molecule has 0 aromatic heterocycles. The minimum atomic E-state index is 0.625. The molecule has 0 amide bonds. The highest BCUT2D eigenvalue weighted by Gasteiger charge is 1.94. The van der Waals surface area contributed by atoms with Crippen LogP contribution in [0, 0.1) is 11.1 Å². The molecule has 0 aliphatic heterocycles. The molecule has 0 unspecified atom stereocenters. The Labute approximate surface area is 139 Å². The van der Waals surface area contributed by atoms with Crippen LogP contribution in [-0.4, -0.2) is 6.54 Å². The first-order valence-corrected chi connectivity index (χ1v) is 9.77. The van der Waals surface area contributed by atoms with E-state index in [1.807, 2.05) is 5.48 Å². The average Bonchev–Trinajstić information content (AvgIpc) is 2.50. The predicted molar refractivity (Wildman–Crippen MR) is 100.0 cm³/mol. The molecule has 0 saturated heterocycles. The summed E-state index contributed by atoms with van der Waals surface area (Å²) in [7, 11) is 0. The molecule has 0 atom stereocenters. The molecule has 0 aromatic rings. The summed E-state index contributed by atoms with van der Waals surface area (Å²) in [6.07, 6.45) is 23.2. The summed E-state index contributed by atoms with van der Waals surface area (Å²) in [5.41, 5.74) is 1.96. The van der Waals surface area contributed by atoms with E-state index in [4.69, 9.17) is 0 Å². The van der Waals surface area contributed by atoms with Crippen LogP contribution in [0.5, 0.6) is 0 Å². The van der Waals surface area contributed by atoms with Crippen molar-refractivity contribution in [1.29, 1.82) is 0 Å². The largest absolute Gasteiger partial charge is 0.788 e. The molecule has 0 saturated carbocycles. The first kappa shape index (κ1) is 21.7. The molecular weight excluding hydrogens is 270 g/mol. The highest BCUT2D eigenvalue weighted by molar-refractivity contribution is 4.81. The van der Waals surface area contributed by atoms with Crippen LogP contribution in [0.4, 0.5) is 0 Å². The van der Waals surface area contributed by atoms with Gasteiger partial charge in [-0.25, -0.2) is 0 Å². The molecule has 0 rings (SSSR count). The smallest absolute Gasteiger partial charge is 0.0170 e. The monoisotopic (exact) mass is 310 g/mol. The Balaban J connectivity index is 3.06. The van der Waals surface area contributed by atoms with Gasteiger partial charge in [0.15, 0.2) is 0 Å². The Bertz CT molecular complexity index is 226. The van der Waals surface area contributed by atoms with E-state index >= 15 is 0 Å². The van der Waals surface area contributed by atoms with Gasteiger partial charge in [0, 0.05) is 0 Å². The van der Waals surface area contributed by atoms with Crippen LogP contribution in [0.2, 0.25) is 0 Å². The number of hydrogen-bond donors (Lipinski definition) is 1. The van der Waals surface area contributed by atoms with Gasteiger partial charge < -0.3 is 10.7 Å². The van der Waals surface area contributed by atoms with E-state index in [1.165, 1.54) is 83.5 Å². The molecular formula is C20H40NO-. The fourth-order valence-electron chi connectivity index (χ4n) is 2.75. The lowest BCUT2D eigenvalue weighted by molar-refractivity contribution is 0.516. The van der Waals surface area contributed by atoms with Crippen molar-refractivity contribution in [3.63, 3.8) is 0 Å². The quantitative estimate of drug-likeness (QED) is 0.183. The second-order valence-electron chi connectivity index (χ2n) is 7.01. The summed E-state index contributed by atoms with van der Waals surface area (Å²) < 4.78 is 0. The lowest BCUT2D eigenvalue weighted by Crippen LogP contribution is -2.04. The Morgan fingerprint density at radius 3 is 1.64 bits per heavy atom. The average molecular weight is 311 g/mol. The Hall–Kier alpha value is -0.340. The van der Waals surface area contributed by atoms with Gasteiger partial charge in [0.1, 0.15) is 0 Å². The van der Waals surface area contributed by atoms with E-state index in [0.29, 0.717) is 6.54 Å². The molecule has 0 bridgehead atoms. The summed E-state index contributed by atoms with van der Waals surface area (Å²) in [4.78, 5) is 0. The normalized spacial score (nSPS) is 11.8. The topological polar surface area (TPSA) is 35.1 Å². The fraction of sp³-hybridized carbons (Fsp3) is 0.900. The highest BCUT2D eigenvalue weighted by Crippen LogP contribution is 2.12. The van der Waals surface area contributed by atoms with E-state index in [9.17, 15) is 5.21 Å². The van der Waals surface area contributed by atoms with E-state index in [2.05, 4.69) is 26.0 Å². The number of allylic oxidation sites excluding steroid dienone is 2. The van der Waals surface area contributed by atoms with Crippen molar-refractivity contribution in [2.75, 3.05) is 6.54 Å². The van der Waals surface area contributed by atoms with Gasteiger partial charge in [0.05, 0.1) is 0 Å². The zero-order chi connectivity index (χ0) is 16.3. The van der Waals surface area contributed by atoms with Crippen LogP contribution in [0.15, 0.2) is 12.2 Å². The van der Waals surface area contributed by atoms with Crippen molar-refractivity contribution in [1.82, 2.24) is 5.48 Å². The van der Waals surface area contributed by atoms with Crippen molar-refractivity contribution < 1.29 is 0 Å². The molecule has 0 aromatic carbocycles. The van der Waals surface area contributed by atoms with Crippen molar-refractivity contribution >= 4 is 0 Å².